The number of nitrogens with zero attached hydrogens (tertiary/aromatic N) is 4. The van der Waals surface area contributed by atoms with Crippen molar-refractivity contribution in [1.82, 2.24) is 25.3 Å². The van der Waals surface area contributed by atoms with Crippen LogP contribution in [0.25, 0.3) is 0 Å². The molecule has 7 unspecified atom stereocenters. The van der Waals surface area contributed by atoms with Gasteiger partial charge in [0, 0.05) is 42.9 Å². The Morgan fingerprint density at radius 1 is 1.26 bits per heavy atom. The molecule has 3 saturated heterocycles. The van der Waals surface area contributed by atoms with Gasteiger partial charge < -0.3 is 14.5 Å². The van der Waals surface area contributed by atoms with Gasteiger partial charge >= 0.3 is 0 Å². The van der Waals surface area contributed by atoms with Crippen LogP contribution in [0.1, 0.15) is 50.3 Å². The van der Waals surface area contributed by atoms with Gasteiger partial charge in [0.15, 0.2) is 12.1 Å². The first-order chi connectivity index (χ1) is 20.3. The first-order valence-corrected chi connectivity index (χ1v) is 16.0. The summed E-state index contributed by atoms with van der Waals surface area (Å²) in [5, 5.41) is 16.7. The average molecular weight is 597 g/mol. The Bertz CT molecular complexity index is 1250. The van der Waals surface area contributed by atoms with E-state index in [4.69, 9.17) is 4.74 Å². The number of nitriles is 1. The second-order valence-corrected chi connectivity index (χ2v) is 13.8. The molecule has 8 atom stereocenters. The predicted octanol–water partition coefficient (Wildman–Crippen LogP) is 2.81. The normalized spacial score (nSPS) is 37.2. The molecule has 11 heteroatoms. The van der Waals surface area contributed by atoms with Crippen LogP contribution in [0.15, 0.2) is 41.8 Å². The van der Waals surface area contributed by atoms with Gasteiger partial charge in [-0.15, -0.1) is 11.8 Å². The number of Topliss-reactive ketones (excluding diaryl/α,β-unsaturated/α-hetero) is 1. The van der Waals surface area contributed by atoms with E-state index in [1.807, 2.05) is 24.3 Å². The largest absolute Gasteiger partial charge is 0.348 e. The molecular weight excluding hydrogens is 555 g/mol. The molecule has 5 aliphatic rings. The number of amides is 1. The summed E-state index contributed by atoms with van der Waals surface area (Å²) in [6, 6.07) is 9.32. The second-order valence-electron chi connectivity index (χ2n) is 12.4. The summed E-state index contributed by atoms with van der Waals surface area (Å²) in [6.07, 6.45) is 3.36. The molecule has 1 aromatic carbocycles. The Morgan fingerprint density at radius 3 is 2.86 bits per heavy atom. The van der Waals surface area contributed by atoms with Crippen LogP contribution in [0, 0.1) is 17.2 Å². The first kappa shape index (κ1) is 29.7. The topological polar surface area (TPSA) is 101 Å². The maximum absolute atomic E-state index is 15.5. The summed E-state index contributed by atoms with van der Waals surface area (Å²) in [5.74, 6) is -0.177. The molecule has 4 aliphatic heterocycles. The zero-order valence-electron chi connectivity index (χ0n) is 24.2. The van der Waals surface area contributed by atoms with Crippen LogP contribution in [0.4, 0.5) is 4.39 Å². The van der Waals surface area contributed by atoms with Crippen molar-refractivity contribution in [2.24, 2.45) is 5.92 Å². The van der Waals surface area contributed by atoms with Gasteiger partial charge in [0.2, 0.25) is 5.91 Å². The van der Waals surface area contributed by atoms with E-state index in [1.165, 1.54) is 17.8 Å². The van der Waals surface area contributed by atoms with Crippen molar-refractivity contribution in [2.75, 3.05) is 39.8 Å². The van der Waals surface area contributed by atoms with E-state index in [0.717, 1.165) is 30.7 Å². The minimum atomic E-state index is -1.17. The van der Waals surface area contributed by atoms with Crippen molar-refractivity contribution in [1.29, 1.82) is 5.26 Å². The lowest BCUT2D eigenvalue weighted by atomic mass is 9.71. The fraction of sp³-hybridized carbons (Fsp3) is 0.645. The number of likely N-dealkylation sites (N-methyl/N-ethyl adjacent to an activating group) is 1. The summed E-state index contributed by atoms with van der Waals surface area (Å²) in [5.41, 5.74) is 0.677. The van der Waals surface area contributed by atoms with Crippen molar-refractivity contribution >= 4 is 23.5 Å². The molecule has 1 spiro atoms. The third-order valence-electron chi connectivity index (χ3n) is 9.99. The van der Waals surface area contributed by atoms with Crippen LogP contribution in [0.5, 0.6) is 0 Å². The van der Waals surface area contributed by atoms with Crippen LogP contribution in [-0.4, -0.2) is 102 Å². The van der Waals surface area contributed by atoms with E-state index in [2.05, 4.69) is 40.1 Å². The molecule has 1 saturated carbocycles. The number of rotatable bonds is 6. The maximum Gasteiger partial charge on any atom is 0.246 e. The molecule has 4 fully saturated rings. The monoisotopic (exact) mass is 596 g/mol. The number of ketones is 1. The molecular formula is C31H41FN6O3S. The number of thioether (sulfide) groups is 1. The molecule has 9 nitrogen and oxygen atoms in total. The third kappa shape index (κ3) is 5.53. The van der Waals surface area contributed by atoms with Crippen molar-refractivity contribution in [2.45, 2.75) is 85.0 Å². The number of fused-ring (bicyclic) bond motifs is 2. The molecule has 226 valence electrons. The number of likely N-dealkylation sites (tertiary alicyclic amines) is 1. The molecule has 6 rings (SSSR count). The SMILES string of the molecule is C=CC(=O)N1CCN(C2NC(OCC3CCCN3C)NC3C(=O)[C@@]4(CCC32)CC(F)c2ccccc2S4)CC1CC#N. The van der Waals surface area contributed by atoms with Gasteiger partial charge in [-0.3, -0.25) is 25.1 Å². The van der Waals surface area contributed by atoms with Crippen LogP contribution in [0.3, 0.4) is 0 Å². The fourth-order valence-electron chi connectivity index (χ4n) is 7.67. The number of ether oxygens (including phenoxy) is 1. The summed E-state index contributed by atoms with van der Waals surface area (Å²) in [6.45, 7) is 6.82. The minimum absolute atomic E-state index is 0.0491. The number of piperazine rings is 1. The van der Waals surface area contributed by atoms with Gasteiger partial charge in [-0.25, -0.2) is 4.39 Å². The first-order valence-electron chi connectivity index (χ1n) is 15.2. The average Bonchev–Trinajstić information content (AvgIpc) is 3.42. The van der Waals surface area contributed by atoms with Gasteiger partial charge in [-0.05, 0) is 57.0 Å². The summed E-state index contributed by atoms with van der Waals surface area (Å²) in [4.78, 5) is 34.2. The smallest absolute Gasteiger partial charge is 0.246 e. The zero-order chi connectivity index (χ0) is 29.4. The highest BCUT2D eigenvalue weighted by atomic mass is 32.2. The highest BCUT2D eigenvalue weighted by molar-refractivity contribution is 8.01. The number of hydrogen-bond donors (Lipinski definition) is 2. The number of nitrogens with one attached hydrogen (secondary N) is 2. The number of hydrogen-bond acceptors (Lipinski definition) is 9. The summed E-state index contributed by atoms with van der Waals surface area (Å²) < 4.78 is 21.1. The minimum Gasteiger partial charge on any atom is -0.348 e. The van der Waals surface area contributed by atoms with Gasteiger partial charge in [0.1, 0.15) is 6.17 Å². The highest BCUT2D eigenvalue weighted by Gasteiger charge is 2.57. The number of halogens is 1. The number of carbonyl (C=O) groups is 2. The number of carbonyl (C=O) groups excluding carboxylic acids is 2. The molecule has 0 radical (unpaired) electrons. The van der Waals surface area contributed by atoms with Gasteiger partial charge in [0.05, 0.1) is 42.1 Å². The van der Waals surface area contributed by atoms with Gasteiger partial charge in [-0.1, -0.05) is 24.8 Å². The van der Waals surface area contributed by atoms with E-state index in [1.54, 1.807) is 4.90 Å². The molecule has 4 heterocycles. The maximum atomic E-state index is 15.5. The van der Waals surface area contributed by atoms with E-state index in [0.29, 0.717) is 44.3 Å². The summed E-state index contributed by atoms with van der Waals surface area (Å²) in [7, 11) is 2.11. The molecule has 42 heavy (non-hydrogen) atoms. The molecule has 1 aliphatic carbocycles. The Morgan fingerprint density at radius 2 is 2.10 bits per heavy atom. The molecule has 2 N–H and O–H groups in total. The fourth-order valence-corrected chi connectivity index (χ4v) is 9.23. The van der Waals surface area contributed by atoms with Crippen molar-refractivity contribution in [3.8, 4) is 6.07 Å². The van der Waals surface area contributed by atoms with Crippen molar-refractivity contribution in [3.63, 3.8) is 0 Å². The van der Waals surface area contributed by atoms with Crippen LogP contribution in [-0.2, 0) is 14.3 Å². The van der Waals surface area contributed by atoms with Crippen LogP contribution in [0.2, 0.25) is 0 Å². The van der Waals surface area contributed by atoms with Gasteiger partial charge in [0.25, 0.3) is 0 Å². The molecule has 0 bridgehead atoms. The van der Waals surface area contributed by atoms with Crippen molar-refractivity contribution < 1.29 is 18.7 Å². The van der Waals surface area contributed by atoms with E-state index < -0.39 is 23.3 Å². The number of alkyl halides is 1. The van der Waals surface area contributed by atoms with Crippen LogP contribution < -0.4 is 10.6 Å². The molecule has 1 amide bonds. The third-order valence-corrected chi connectivity index (χ3v) is 11.5. The lowest BCUT2D eigenvalue weighted by Crippen LogP contribution is -2.75. The lowest BCUT2D eigenvalue weighted by Gasteiger charge is -2.55. The lowest BCUT2D eigenvalue weighted by molar-refractivity contribution is -0.145. The van der Waals surface area contributed by atoms with Gasteiger partial charge in [-0.2, -0.15) is 5.26 Å². The Kier molecular flexibility index (Phi) is 8.74. The Labute approximate surface area is 251 Å². The van der Waals surface area contributed by atoms with E-state index in [-0.39, 0.29) is 42.7 Å². The molecule has 0 aromatic heterocycles. The van der Waals surface area contributed by atoms with Crippen molar-refractivity contribution in [3.05, 3.63) is 42.5 Å². The standard InChI is InChI=1S/C31H41FN6O3S/c1-3-26(39)38-16-15-37(18-20(38)11-13-33)29-23-10-12-31(17-24(32)22-8-4-5-9-25(22)42-31)28(40)27(23)34-30(35-29)41-19-21-7-6-14-36(21)2/h3-5,8-9,20-21,23-24,27,29-30,34-35H,1,6-7,10-12,14-19H2,2H3/t20?,21?,23?,24?,27?,29?,30?,31-/m1/s1. The highest BCUT2D eigenvalue weighted by Crippen LogP contribution is 2.55. The van der Waals surface area contributed by atoms with E-state index in [9.17, 15) is 14.9 Å². The number of benzene rings is 1. The zero-order valence-corrected chi connectivity index (χ0v) is 25.0. The second kappa shape index (κ2) is 12.3. The predicted molar refractivity (Wildman–Crippen MR) is 158 cm³/mol. The Balaban J connectivity index is 1.25. The van der Waals surface area contributed by atoms with E-state index >= 15 is 4.39 Å². The van der Waals surface area contributed by atoms with Crippen LogP contribution >= 0.6 is 11.8 Å². The summed E-state index contributed by atoms with van der Waals surface area (Å²) >= 11 is 1.53. The Hall–Kier alpha value is -2.33. The molecule has 1 aromatic rings. The quantitative estimate of drug-likeness (QED) is 0.480.